The summed E-state index contributed by atoms with van der Waals surface area (Å²) in [7, 11) is -0.766. The van der Waals surface area contributed by atoms with Crippen molar-refractivity contribution in [3.05, 3.63) is 35.7 Å². The maximum atomic E-state index is 13.2. The molecule has 0 fully saturated rings. The van der Waals surface area contributed by atoms with E-state index >= 15 is 0 Å². The molecule has 1 atom stereocenters. The maximum absolute atomic E-state index is 13.2. The Labute approximate surface area is 146 Å². The molecular weight excluding hydrogens is 346 g/mol. The molecule has 0 saturated heterocycles. The van der Waals surface area contributed by atoms with Crippen LogP contribution in [-0.2, 0) is 14.8 Å². The zero-order valence-electron chi connectivity index (χ0n) is 14.4. The first-order chi connectivity index (χ1) is 11.7. The maximum Gasteiger partial charge on any atom is 0.270 e. The van der Waals surface area contributed by atoms with Gasteiger partial charge in [0, 0.05) is 14.1 Å². The van der Waals surface area contributed by atoms with Crippen LogP contribution in [0.2, 0.25) is 0 Å². The number of fused-ring (bicyclic) bond motifs is 1. The third-order valence-electron chi connectivity index (χ3n) is 3.97. The number of hydrogen-bond acceptors (Lipinski definition) is 6. The van der Waals surface area contributed by atoms with Crippen LogP contribution >= 0.6 is 0 Å². The van der Waals surface area contributed by atoms with Crippen LogP contribution in [0.3, 0.4) is 0 Å². The number of anilines is 1. The molecular formula is C16H19N3O5S. The number of hydrogen-bond donors (Lipinski definition) is 0. The zero-order chi connectivity index (χ0) is 18.4. The van der Waals surface area contributed by atoms with Gasteiger partial charge in [-0.25, -0.2) is 8.42 Å². The number of aromatic nitrogens is 1. The van der Waals surface area contributed by atoms with E-state index in [1.807, 2.05) is 0 Å². The Bertz CT molecular complexity index is 900. The topological polar surface area (TPSA) is 93.0 Å². The highest BCUT2D eigenvalue weighted by Gasteiger charge is 2.40. The Morgan fingerprint density at radius 2 is 1.96 bits per heavy atom. The summed E-state index contributed by atoms with van der Waals surface area (Å²) < 4.78 is 38.4. The summed E-state index contributed by atoms with van der Waals surface area (Å²) >= 11 is 0. The first-order valence-corrected chi connectivity index (χ1v) is 9.10. The minimum absolute atomic E-state index is 0.0141. The van der Waals surface area contributed by atoms with Gasteiger partial charge in [0.1, 0.15) is 11.4 Å². The van der Waals surface area contributed by atoms with Gasteiger partial charge in [-0.3, -0.25) is 9.10 Å². The van der Waals surface area contributed by atoms with Crippen LogP contribution in [-0.4, -0.2) is 51.1 Å². The molecule has 2 heterocycles. The second-order valence-corrected chi connectivity index (χ2v) is 7.80. The number of sulfonamides is 1. The fourth-order valence-electron chi connectivity index (χ4n) is 2.80. The van der Waals surface area contributed by atoms with Crippen LogP contribution in [0.25, 0.3) is 0 Å². The van der Waals surface area contributed by atoms with E-state index in [1.54, 1.807) is 52.2 Å². The second kappa shape index (κ2) is 6.07. The lowest BCUT2D eigenvalue weighted by Gasteiger charge is -2.35. The summed E-state index contributed by atoms with van der Waals surface area (Å²) in [5.74, 6) is 0.231. The lowest BCUT2D eigenvalue weighted by molar-refractivity contribution is -0.135. The summed E-state index contributed by atoms with van der Waals surface area (Å²) in [5.41, 5.74) is 0.655. The molecule has 1 aliphatic rings. The number of likely N-dealkylation sites (N-methyl/N-ethyl adjacent to an activating group) is 1. The third kappa shape index (κ3) is 2.84. The molecule has 2 aromatic rings. The van der Waals surface area contributed by atoms with Gasteiger partial charge in [0.15, 0.2) is 16.8 Å². The van der Waals surface area contributed by atoms with Gasteiger partial charge in [0.2, 0.25) is 0 Å². The Morgan fingerprint density at radius 3 is 2.56 bits per heavy atom. The van der Waals surface area contributed by atoms with Crippen molar-refractivity contribution in [2.75, 3.05) is 24.9 Å². The molecule has 0 radical (unpaired) electrons. The zero-order valence-corrected chi connectivity index (χ0v) is 15.2. The molecule has 0 unspecified atom stereocenters. The first kappa shape index (κ1) is 17.3. The SMILES string of the molecule is Cc1noc(C)c1S(=O)(=O)N1C[C@@H](C(=O)N(C)C)Oc2ccccc21. The number of benzene rings is 1. The molecule has 3 rings (SSSR count). The monoisotopic (exact) mass is 365 g/mol. The molecule has 0 saturated carbocycles. The summed E-state index contributed by atoms with van der Waals surface area (Å²) in [6, 6.07) is 6.72. The van der Waals surface area contributed by atoms with Crippen LogP contribution in [0.5, 0.6) is 5.75 Å². The average Bonchev–Trinajstić information content (AvgIpc) is 2.92. The van der Waals surface area contributed by atoms with Crippen molar-refractivity contribution in [2.24, 2.45) is 0 Å². The first-order valence-electron chi connectivity index (χ1n) is 7.66. The predicted molar refractivity (Wildman–Crippen MR) is 90.1 cm³/mol. The lowest BCUT2D eigenvalue weighted by atomic mass is 10.2. The van der Waals surface area contributed by atoms with E-state index in [1.165, 1.54) is 9.21 Å². The number of nitrogens with zero attached hydrogens (tertiary/aromatic N) is 3. The minimum Gasteiger partial charge on any atom is -0.476 e. The van der Waals surface area contributed by atoms with Gasteiger partial charge in [0.05, 0.1) is 12.2 Å². The van der Waals surface area contributed by atoms with Crippen molar-refractivity contribution in [3.8, 4) is 5.75 Å². The molecule has 0 N–H and O–H groups in total. The molecule has 1 aromatic carbocycles. The number of amides is 1. The van der Waals surface area contributed by atoms with Crippen LogP contribution in [0.15, 0.2) is 33.7 Å². The average molecular weight is 365 g/mol. The third-order valence-corrected chi connectivity index (χ3v) is 5.99. The van der Waals surface area contributed by atoms with Crippen LogP contribution in [0.1, 0.15) is 11.5 Å². The van der Waals surface area contributed by atoms with Crippen LogP contribution in [0.4, 0.5) is 5.69 Å². The van der Waals surface area contributed by atoms with E-state index < -0.39 is 16.1 Å². The summed E-state index contributed by atoms with van der Waals surface area (Å²) in [6.07, 6.45) is -0.930. The standard InChI is InChI=1S/C16H19N3O5S/c1-10-15(11(2)24-17-10)25(21,22)19-9-14(16(20)18(3)4)23-13-8-6-5-7-12(13)19/h5-8,14H,9H2,1-4H3/t14-/m0/s1. The largest absolute Gasteiger partial charge is 0.476 e. The van der Waals surface area contributed by atoms with E-state index in [0.717, 1.165) is 0 Å². The predicted octanol–water partition coefficient (Wildman–Crippen LogP) is 1.34. The fourth-order valence-corrected chi connectivity index (χ4v) is 4.57. The number of carbonyl (C=O) groups excluding carboxylic acids is 1. The molecule has 9 heteroatoms. The van der Waals surface area contributed by atoms with Gasteiger partial charge >= 0.3 is 0 Å². The minimum atomic E-state index is -3.96. The van der Waals surface area contributed by atoms with Crippen LogP contribution < -0.4 is 9.04 Å². The van der Waals surface area contributed by atoms with Crippen molar-refractivity contribution in [2.45, 2.75) is 24.8 Å². The summed E-state index contributed by atoms with van der Waals surface area (Å²) in [4.78, 5) is 13.7. The Kier molecular flexibility index (Phi) is 4.19. The molecule has 0 bridgehead atoms. The number of carbonyl (C=O) groups is 1. The van der Waals surface area contributed by atoms with E-state index in [4.69, 9.17) is 9.26 Å². The molecule has 1 aromatic heterocycles. The van der Waals surface area contributed by atoms with Crippen LogP contribution in [0, 0.1) is 13.8 Å². The fraction of sp³-hybridized carbons (Fsp3) is 0.375. The number of para-hydroxylation sites is 2. The molecule has 1 amide bonds. The Morgan fingerprint density at radius 1 is 1.28 bits per heavy atom. The molecule has 25 heavy (non-hydrogen) atoms. The normalized spacial score (nSPS) is 17.0. The van der Waals surface area contributed by atoms with E-state index in [-0.39, 0.29) is 28.8 Å². The van der Waals surface area contributed by atoms with Crippen molar-refractivity contribution in [1.82, 2.24) is 10.1 Å². The smallest absolute Gasteiger partial charge is 0.270 e. The molecule has 134 valence electrons. The number of rotatable bonds is 3. The molecule has 8 nitrogen and oxygen atoms in total. The van der Waals surface area contributed by atoms with E-state index in [2.05, 4.69) is 5.16 Å². The van der Waals surface area contributed by atoms with Gasteiger partial charge in [-0.15, -0.1) is 0 Å². The van der Waals surface area contributed by atoms with Gasteiger partial charge in [-0.05, 0) is 26.0 Å². The van der Waals surface area contributed by atoms with E-state index in [9.17, 15) is 13.2 Å². The van der Waals surface area contributed by atoms with Gasteiger partial charge in [0.25, 0.3) is 15.9 Å². The number of ether oxygens (including phenoxy) is 1. The van der Waals surface area contributed by atoms with Gasteiger partial charge < -0.3 is 14.2 Å². The van der Waals surface area contributed by atoms with Crippen molar-refractivity contribution in [1.29, 1.82) is 0 Å². The highest BCUT2D eigenvalue weighted by Crippen LogP contribution is 2.38. The van der Waals surface area contributed by atoms with E-state index in [0.29, 0.717) is 11.4 Å². The highest BCUT2D eigenvalue weighted by molar-refractivity contribution is 7.93. The van der Waals surface area contributed by atoms with Gasteiger partial charge in [-0.1, -0.05) is 17.3 Å². The van der Waals surface area contributed by atoms with Crippen molar-refractivity contribution >= 4 is 21.6 Å². The molecule has 1 aliphatic heterocycles. The molecule has 0 aliphatic carbocycles. The Hall–Kier alpha value is -2.55. The summed E-state index contributed by atoms with van der Waals surface area (Å²) in [5, 5.41) is 3.73. The number of aryl methyl sites for hydroxylation is 2. The van der Waals surface area contributed by atoms with Crippen molar-refractivity contribution in [3.63, 3.8) is 0 Å². The second-order valence-electron chi connectivity index (χ2n) is 6.00. The Balaban J connectivity index is 2.12. The highest BCUT2D eigenvalue weighted by atomic mass is 32.2. The van der Waals surface area contributed by atoms with Gasteiger partial charge in [-0.2, -0.15) is 0 Å². The molecule has 0 spiro atoms. The van der Waals surface area contributed by atoms with Crippen molar-refractivity contribution < 1.29 is 22.5 Å². The quantitative estimate of drug-likeness (QED) is 0.815. The lowest BCUT2D eigenvalue weighted by Crippen LogP contribution is -2.50. The summed E-state index contributed by atoms with van der Waals surface area (Å²) in [6.45, 7) is 2.99.